The molecule has 0 atom stereocenters. The van der Waals surface area contributed by atoms with E-state index < -0.39 is 43.9 Å². The molecule has 0 radical (unpaired) electrons. The van der Waals surface area contributed by atoms with Crippen LogP contribution in [-0.4, -0.2) is 35.8 Å². The van der Waals surface area contributed by atoms with Gasteiger partial charge in [0.1, 0.15) is 10.9 Å². The zero-order valence-corrected chi connectivity index (χ0v) is 16.2. The molecule has 3 nitrogen and oxygen atoms in total. The highest BCUT2D eigenvalue weighted by Gasteiger charge is 2.72. The summed E-state index contributed by atoms with van der Waals surface area (Å²) in [6.45, 7) is 0. The van der Waals surface area contributed by atoms with E-state index in [0.717, 1.165) is 0 Å². The van der Waals surface area contributed by atoms with E-state index in [-0.39, 0.29) is 9.79 Å². The largest absolute Gasteiger partial charge is 0.743 e. The van der Waals surface area contributed by atoms with Gasteiger partial charge in [-0.15, -0.1) is 8.78 Å². The Bertz CT molecular complexity index is 904. The summed E-state index contributed by atoms with van der Waals surface area (Å²) in [6, 6.07) is 14.1. The minimum absolute atomic E-state index is 0.0407. The van der Waals surface area contributed by atoms with Gasteiger partial charge in [0.05, 0.1) is 0 Å². The Morgan fingerprint density at radius 3 is 1.13 bits per heavy atom. The lowest BCUT2D eigenvalue weighted by molar-refractivity contribution is -0.243. The summed E-state index contributed by atoms with van der Waals surface area (Å²) in [7, 11) is -9.06. The highest BCUT2D eigenvalue weighted by molar-refractivity contribution is 7.98. The van der Waals surface area contributed by atoms with E-state index in [0.29, 0.717) is 0 Å². The van der Waals surface area contributed by atoms with Crippen molar-refractivity contribution >= 4 is 21.0 Å². The normalized spacial score (nSPS) is 13.5. The summed E-state index contributed by atoms with van der Waals surface area (Å²) >= 11 is 0. The molecule has 0 spiro atoms. The Morgan fingerprint density at radius 2 is 0.935 bits per heavy atom. The standard InChI is InChI=1S/C14H10F5S.C2HF5O3S/c15-13(16,17)14(18,19)20(11-7-3-1-4-8-11)12-9-5-2-6-10-12;3-1(4,5)2(6,7)11(8,9)10/h1-10H;(H,8,9,10)/q+1;/p-1. The maximum Gasteiger partial charge on any atom is 0.517 e. The third-order valence-corrected chi connectivity index (χ3v) is 6.28. The molecule has 0 saturated carbocycles. The fraction of sp³-hybridized carbons (Fsp3) is 0.250. The van der Waals surface area contributed by atoms with E-state index in [1.54, 1.807) is 12.1 Å². The van der Waals surface area contributed by atoms with Gasteiger partial charge >= 0.3 is 22.9 Å². The van der Waals surface area contributed by atoms with Crippen LogP contribution in [0.5, 0.6) is 0 Å². The highest BCUT2D eigenvalue weighted by Crippen LogP contribution is 2.47. The second kappa shape index (κ2) is 9.24. The number of hydrogen-bond donors (Lipinski definition) is 0. The van der Waals surface area contributed by atoms with Gasteiger partial charge < -0.3 is 4.55 Å². The predicted octanol–water partition coefficient (Wildman–Crippen LogP) is 5.56. The lowest BCUT2D eigenvalue weighted by Crippen LogP contribution is -2.44. The molecule has 0 fully saturated rings. The molecule has 15 heteroatoms. The summed E-state index contributed by atoms with van der Waals surface area (Å²) in [6.07, 6.45) is -11.9. The smallest absolute Gasteiger partial charge is 0.517 e. The van der Waals surface area contributed by atoms with E-state index in [1.807, 2.05) is 0 Å². The fourth-order valence-corrected chi connectivity index (χ4v) is 4.04. The van der Waals surface area contributed by atoms with E-state index in [4.69, 9.17) is 0 Å². The van der Waals surface area contributed by atoms with Crippen LogP contribution < -0.4 is 0 Å². The summed E-state index contributed by atoms with van der Waals surface area (Å²) in [5.41, 5.74) is 0. The van der Waals surface area contributed by atoms with Crippen LogP contribution in [0, 0.1) is 0 Å². The van der Waals surface area contributed by atoms with Crippen LogP contribution >= 0.6 is 0 Å². The van der Waals surface area contributed by atoms with Gasteiger partial charge in [0.25, 0.3) is 0 Å². The van der Waals surface area contributed by atoms with Crippen LogP contribution in [0.1, 0.15) is 0 Å². The SMILES string of the molecule is FC(F)(F)C(F)(F)[S+](c1ccccc1)c1ccccc1.O=S(=O)([O-])C(F)(F)C(F)(F)F. The second-order valence-electron chi connectivity index (χ2n) is 5.42. The van der Waals surface area contributed by atoms with Crippen LogP contribution in [0.4, 0.5) is 43.9 Å². The van der Waals surface area contributed by atoms with Crippen molar-refractivity contribution in [2.24, 2.45) is 0 Å². The summed E-state index contributed by atoms with van der Waals surface area (Å²) in [4.78, 5) is -0.0814. The van der Waals surface area contributed by atoms with Gasteiger partial charge in [-0.2, -0.15) is 35.1 Å². The molecule has 0 unspecified atom stereocenters. The van der Waals surface area contributed by atoms with Crippen molar-refractivity contribution in [1.29, 1.82) is 0 Å². The molecular weight excluding hydrogens is 494 g/mol. The monoisotopic (exact) mass is 504 g/mol. The number of rotatable bonds is 4. The van der Waals surface area contributed by atoms with Crippen molar-refractivity contribution in [3.63, 3.8) is 0 Å². The lowest BCUT2D eigenvalue weighted by atomic mass is 10.4. The zero-order chi connectivity index (χ0) is 24.3. The van der Waals surface area contributed by atoms with E-state index in [9.17, 15) is 56.9 Å². The molecule has 0 bridgehead atoms. The average molecular weight is 504 g/mol. The molecule has 0 heterocycles. The third-order valence-electron chi connectivity index (χ3n) is 3.19. The van der Waals surface area contributed by atoms with Crippen LogP contribution in [0.25, 0.3) is 0 Å². The Morgan fingerprint density at radius 1 is 0.613 bits per heavy atom. The van der Waals surface area contributed by atoms with Crippen molar-refractivity contribution < 1.29 is 56.9 Å². The van der Waals surface area contributed by atoms with Gasteiger partial charge in [-0.3, -0.25) is 0 Å². The maximum absolute atomic E-state index is 13.9. The molecule has 2 aromatic carbocycles. The molecule has 0 amide bonds. The Hall–Kier alpha value is -2.00. The molecule has 0 aromatic heterocycles. The van der Waals surface area contributed by atoms with Crippen molar-refractivity contribution in [1.82, 2.24) is 0 Å². The number of benzene rings is 2. The van der Waals surface area contributed by atoms with Gasteiger partial charge in [-0.25, -0.2) is 8.42 Å². The van der Waals surface area contributed by atoms with Gasteiger partial charge in [-0.05, 0) is 24.3 Å². The molecule has 31 heavy (non-hydrogen) atoms. The first-order chi connectivity index (χ1) is 13.8. The van der Waals surface area contributed by atoms with Crippen molar-refractivity contribution in [2.75, 3.05) is 0 Å². The molecule has 0 N–H and O–H groups in total. The Labute approximate surface area is 171 Å². The van der Waals surface area contributed by atoms with Gasteiger partial charge in [0.2, 0.25) is 0 Å². The van der Waals surface area contributed by atoms with Crippen molar-refractivity contribution in [3.8, 4) is 0 Å². The quantitative estimate of drug-likeness (QED) is 0.311. The minimum atomic E-state index is -6.67. The summed E-state index contributed by atoms with van der Waals surface area (Å²) < 4.78 is 149. The predicted molar refractivity (Wildman–Crippen MR) is 88.5 cm³/mol. The molecule has 0 saturated heterocycles. The molecule has 2 rings (SSSR count). The minimum Gasteiger partial charge on any atom is -0.743 e. The first kappa shape index (κ1) is 27.0. The average Bonchev–Trinajstić information content (AvgIpc) is 2.61. The van der Waals surface area contributed by atoms with Gasteiger partial charge in [0.15, 0.2) is 19.9 Å². The summed E-state index contributed by atoms with van der Waals surface area (Å²) in [5, 5.41) is -11.0. The van der Waals surface area contributed by atoms with Crippen LogP contribution in [0.2, 0.25) is 0 Å². The van der Waals surface area contributed by atoms with E-state index >= 15 is 0 Å². The second-order valence-corrected chi connectivity index (χ2v) is 8.90. The molecule has 174 valence electrons. The highest BCUT2D eigenvalue weighted by atomic mass is 32.2. The maximum atomic E-state index is 13.9. The van der Waals surface area contributed by atoms with E-state index in [1.165, 1.54) is 48.5 Å². The Kier molecular flexibility index (Phi) is 8.06. The molecule has 0 aliphatic heterocycles. The fourth-order valence-electron chi connectivity index (χ4n) is 1.80. The number of alkyl halides is 10. The van der Waals surface area contributed by atoms with Crippen LogP contribution in [-0.2, 0) is 21.0 Å². The first-order valence-corrected chi connectivity index (χ1v) is 10.2. The van der Waals surface area contributed by atoms with Crippen LogP contribution in [0.3, 0.4) is 0 Å². The lowest BCUT2D eigenvalue weighted by Gasteiger charge is -2.21. The third kappa shape index (κ3) is 6.26. The number of halogens is 10. The van der Waals surface area contributed by atoms with Crippen molar-refractivity contribution in [2.45, 2.75) is 32.7 Å². The molecule has 0 aliphatic rings. The van der Waals surface area contributed by atoms with Crippen molar-refractivity contribution in [3.05, 3.63) is 60.7 Å². The summed E-state index contributed by atoms with van der Waals surface area (Å²) in [5.74, 6) is 0. The molecule has 0 aliphatic carbocycles. The van der Waals surface area contributed by atoms with E-state index in [2.05, 4.69) is 0 Å². The zero-order valence-electron chi connectivity index (χ0n) is 14.6. The Balaban J connectivity index is 0.000000373. The number of hydrogen-bond acceptors (Lipinski definition) is 3. The van der Waals surface area contributed by atoms with Gasteiger partial charge in [0, 0.05) is 0 Å². The van der Waals surface area contributed by atoms with Crippen LogP contribution in [0.15, 0.2) is 70.5 Å². The molecular formula is C16H10F10O3S2. The van der Waals surface area contributed by atoms with Gasteiger partial charge in [-0.1, -0.05) is 36.4 Å². The molecule has 2 aromatic rings. The first-order valence-electron chi connectivity index (χ1n) is 7.53. The topological polar surface area (TPSA) is 57.2 Å².